The Bertz CT molecular complexity index is 673. The van der Waals surface area contributed by atoms with Crippen LogP contribution in [-0.4, -0.2) is 11.9 Å². The van der Waals surface area contributed by atoms with Crippen molar-refractivity contribution >= 4 is 11.9 Å². The summed E-state index contributed by atoms with van der Waals surface area (Å²) in [6.45, 7) is 4.24. The standard InChI is InChI=1S/C22H26O4/c1-3-5-9-17-11-7-13-19(15-17)21(23)25-26-22(24)20-14-8-12-18(16-20)10-6-4-2/h7-8,11-16H,3-6,9-10H2,1-2H3. The van der Waals surface area contributed by atoms with Crippen molar-refractivity contribution < 1.29 is 19.4 Å². The van der Waals surface area contributed by atoms with Crippen molar-refractivity contribution in [2.75, 3.05) is 0 Å². The van der Waals surface area contributed by atoms with Gasteiger partial charge in [-0.1, -0.05) is 51.0 Å². The molecule has 0 amide bonds. The van der Waals surface area contributed by atoms with Crippen LogP contribution in [-0.2, 0) is 22.6 Å². The maximum atomic E-state index is 12.1. The molecule has 0 aliphatic carbocycles. The van der Waals surface area contributed by atoms with Crippen LogP contribution in [0.4, 0.5) is 0 Å². The summed E-state index contributed by atoms with van der Waals surface area (Å²) < 4.78 is 0. The number of unbranched alkanes of at least 4 members (excludes halogenated alkanes) is 2. The summed E-state index contributed by atoms with van der Waals surface area (Å²) in [6, 6.07) is 14.4. The van der Waals surface area contributed by atoms with Gasteiger partial charge in [0.2, 0.25) is 0 Å². The highest BCUT2D eigenvalue weighted by molar-refractivity contribution is 5.92. The molecule has 0 heterocycles. The summed E-state index contributed by atoms with van der Waals surface area (Å²) in [5.74, 6) is -1.34. The summed E-state index contributed by atoms with van der Waals surface area (Å²) in [5, 5.41) is 0. The SMILES string of the molecule is CCCCc1cccc(C(=O)OOC(=O)c2cccc(CCCC)c2)c1. The molecule has 0 N–H and O–H groups in total. The van der Waals surface area contributed by atoms with E-state index in [-0.39, 0.29) is 0 Å². The van der Waals surface area contributed by atoms with Crippen molar-refractivity contribution in [2.45, 2.75) is 52.4 Å². The lowest BCUT2D eigenvalue weighted by molar-refractivity contribution is -0.187. The number of carbonyl (C=O) groups excluding carboxylic acids is 2. The van der Waals surface area contributed by atoms with E-state index in [0.29, 0.717) is 11.1 Å². The second kappa shape index (κ2) is 10.4. The topological polar surface area (TPSA) is 52.6 Å². The second-order valence-corrected chi connectivity index (χ2v) is 6.35. The van der Waals surface area contributed by atoms with Crippen LogP contribution >= 0.6 is 0 Å². The fourth-order valence-electron chi connectivity index (χ4n) is 2.64. The molecule has 0 fully saturated rings. The monoisotopic (exact) mass is 354 g/mol. The molecule has 138 valence electrons. The van der Waals surface area contributed by atoms with Gasteiger partial charge in [0.1, 0.15) is 0 Å². The van der Waals surface area contributed by atoms with Gasteiger partial charge >= 0.3 is 11.9 Å². The Morgan fingerprint density at radius 1 is 0.731 bits per heavy atom. The molecule has 0 saturated heterocycles. The maximum Gasteiger partial charge on any atom is 0.386 e. The van der Waals surface area contributed by atoms with Gasteiger partial charge < -0.3 is 0 Å². The predicted octanol–water partition coefficient (Wildman–Crippen LogP) is 5.30. The summed E-state index contributed by atoms with van der Waals surface area (Å²) in [7, 11) is 0. The molecule has 2 aromatic rings. The fraction of sp³-hybridized carbons (Fsp3) is 0.364. The first kappa shape index (κ1) is 19.7. The smallest absolute Gasteiger partial charge is 0.242 e. The van der Waals surface area contributed by atoms with Gasteiger partial charge in [-0.25, -0.2) is 19.4 Å². The van der Waals surface area contributed by atoms with Crippen molar-refractivity contribution in [2.24, 2.45) is 0 Å². The lowest BCUT2D eigenvalue weighted by Crippen LogP contribution is -2.12. The molecule has 4 heteroatoms. The molecule has 0 aliphatic heterocycles. The zero-order valence-corrected chi connectivity index (χ0v) is 15.5. The highest BCUT2D eigenvalue weighted by Gasteiger charge is 2.15. The number of hydrogen-bond acceptors (Lipinski definition) is 4. The Morgan fingerprint density at radius 2 is 1.15 bits per heavy atom. The summed E-state index contributed by atoms with van der Waals surface area (Å²) in [4.78, 5) is 33.7. The summed E-state index contributed by atoms with van der Waals surface area (Å²) in [5.41, 5.74) is 2.89. The van der Waals surface area contributed by atoms with Crippen molar-refractivity contribution in [1.29, 1.82) is 0 Å². The number of hydrogen-bond donors (Lipinski definition) is 0. The van der Waals surface area contributed by atoms with Crippen molar-refractivity contribution in [3.8, 4) is 0 Å². The maximum absolute atomic E-state index is 12.1. The largest absolute Gasteiger partial charge is 0.386 e. The summed E-state index contributed by atoms with van der Waals surface area (Å²) in [6.07, 6.45) is 6.10. The number of rotatable bonds is 8. The molecular formula is C22H26O4. The Labute approximate surface area is 155 Å². The Morgan fingerprint density at radius 3 is 1.54 bits per heavy atom. The van der Waals surface area contributed by atoms with Gasteiger partial charge in [0, 0.05) is 0 Å². The predicted molar refractivity (Wildman–Crippen MR) is 101 cm³/mol. The average Bonchev–Trinajstić information content (AvgIpc) is 2.69. The van der Waals surface area contributed by atoms with E-state index < -0.39 is 11.9 Å². The molecule has 26 heavy (non-hydrogen) atoms. The molecular weight excluding hydrogens is 328 g/mol. The van der Waals surface area contributed by atoms with E-state index in [1.54, 1.807) is 36.4 Å². The van der Waals surface area contributed by atoms with Crippen LogP contribution in [0.1, 0.15) is 71.4 Å². The minimum absolute atomic E-state index is 0.378. The van der Waals surface area contributed by atoms with Crippen LogP contribution < -0.4 is 0 Å². The highest BCUT2D eigenvalue weighted by atomic mass is 17.2. The first-order valence-corrected chi connectivity index (χ1v) is 9.25. The molecule has 0 atom stereocenters. The van der Waals surface area contributed by atoms with Crippen LogP contribution in [0.5, 0.6) is 0 Å². The molecule has 0 saturated carbocycles. The molecule has 2 aromatic carbocycles. The van der Waals surface area contributed by atoms with Gasteiger partial charge in [0.15, 0.2) is 0 Å². The Balaban J connectivity index is 1.93. The van der Waals surface area contributed by atoms with Gasteiger partial charge in [-0.15, -0.1) is 0 Å². The Kier molecular flexibility index (Phi) is 7.87. The lowest BCUT2D eigenvalue weighted by atomic mass is 10.1. The zero-order chi connectivity index (χ0) is 18.8. The van der Waals surface area contributed by atoms with E-state index >= 15 is 0 Å². The minimum atomic E-state index is -0.668. The van der Waals surface area contributed by atoms with Crippen LogP contribution in [0.3, 0.4) is 0 Å². The zero-order valence-electron chi connectivity index (χ0n) is 15.5. The van der Waals surface area contributed by atoms with Gasteiger partial charge in [-0.05, 0) is 61.1 Å². The van der Waals surface area contributed by atoms with E-state index in [1.807, 2.05) is 12.1 Å². The molecule has 2 rings (SSSR count). The van der Waals surface area contributed by atoms with Gasteiger partial charge in [-0.2, -0.15) is 0 Å². The molecule has 0 unspecified atom stereocenters. The molecule has 0 aromatic heterocycles. The number of benzene rings is 2. The van der Waals surface area contributed by atoms with Gasteiger partial charge in [-0.3, -0.25) is 0 Å². The van der Waals surface area contributed by atoms with E-state index in [4.69, 9.17) is 9.78 Å². The number of aryl methyl sites for hydroxylation is 2. The van der Waals surface area contributed by atoms with Crippen molar-refractivity contribution in [1.82, 2.24) is 0 Å². The first-order valence-electron chi connectivity index (χ1n) is 9.25. The molecule has 0 radical (unpaired) electrons. The third-order valence-electron chi connectivity index (χ3n) is 4.16. The van der Waals surface area contributed by atoms with Crippen molar-refractivity contribution in [3.63, 3.8) is 0 Å². The fourth-order valence-corrected chi connectivity index (χ4v) is 2.64. The quantitative estimate of drug-likeness (QED) is 0.477. The highest BCUT2D eigenvalue weighted by Crippen LogP contribution is 2.12. The normalized spacial score (nSPS) is 10.4. The third kappa shape index (κ3) is 6.03. The first-order chi connectivity index (χ1) is 12.6. The molecule has 0 spiro atoms. The minimum Gasteiger partial charge on any atom is -0.242 e. The van der Waals surface area contributed by atoms with E-state index in [0.717, 1.165) is 49.7 Å². The number of carbonyl (C=O) groups is 2. The third-order valence-corrected chi connectivity index (χ3v) is 4.16. The van der Waals surface area contributed by atoms with Crippen LogP contribution in [0.25, 0.3) is 0 Å². The van der Waals surface area contributed by atoms with Crippen LogP contribution in [0, 0.1) is 0 Å². The molecule has 0 aliphatic rings. The van der Waals surface area contributed by atoms with Crippen LogP contribution in [0.15, 0.2) is 48.5 Å². The van der Waals surface area contributed by atoms with Gasteiger partial charge in [0.05, 0.1) is 11.1 Å². The Hall–Kier alpha value is -2.62. The second-order valence-electron chi connectivity index (χ2n) is 6.35. The van der Waals surface area contributed by atoms with Crippen molar-refractivity contribution in [3.05, 3.63) is 70.8 Å². The van der Waals surface area contributed by atoms with Crippen LogP contribution in [0.2, 0.25) is 0 Å². The average molecular weight is 354 g/mol. The van der Waals surface area contributed by atoms with E-state index in [1.165, 1.54) is 0 Å². The molecule has 4 nitrogen and oxygen atoms in total. The van der Waals surface area contributed by atoms with Gasteiger partial charge in [0.25, 0.3) is 0 Å². The van der Waals surface area contributed by atoms with E-state index in [9.17, 15) is 9.59 Å². The summed E-state index contributed by atoms with van der Waals surface area (Å²) >= 11 is 0. The lowest BCUT2D eigenvalue weighted by Gasteiger charge is -2.06. The van der Waals surface area contributed by atoms with E-state index in [2.05, 4.69) is 13.8 Å². The molecule has 0 bridgehead atoms.